The summed E-state index contributed by atoms with van der Waals surface area (Å²) in [6.07, 6.45) is 0.435. The van der Waals surface area contributed by atoms with Crippen LogP contribution in [0.5, 0.6) is 0 Å². The number of aliphatic hydroxyl groups excluding tert-OH is 1. The Morgan fingerprint density at radius 2 is 1.88 bits per heavy atom. The van der Waals surface area contributed by atoms with Gasteiger partial charge in [-0.15, -0.1) is 24.8 Å². The number of carbonyl (C=O) groups excluding carboxylic acids is 1. The number of piperazine rings is 1. The number of anilines is 1. The first-order valence-corrected chi connectivity index (χ1v) is 14.1. The normalized spacial score (nSPS) is 27.0. The lowest BCUT2D eigenvalue weighted by molar-refractivity contribution is -0.121. The second-order valence-corrected chi connectivity index (χ2v) is 12.2. The Kier molecular flexibility index (Phi) is 11.2. The average molecular weight is 613 g/mol. The molecule has 1 aromatic carbocycles. The summed E-state index contributed by atoms with van der Waals surface area (Å²) < 4.78 is 20.1. The molecule has 0 radical (unpaired) electrons. The van der Waals surface area contributed by atoms with E-state index in [4.69, 9.17) is 4.74 Å². The largest absolute Gasteiger partial charge is 0.383 e. The van der Waals surface area contributed by atoms with Crippen LogP contribution < -0.4 is 10.2 Å². The van der Waals surface area contributed by atoms with E-state index >= 15 is 0 Å². The molecule has 0 unspecified atom stereocenters. The summed E-state index contributed by atoms with van der Waals surface area (Å²) in [6, 6.07) is 9.18. The Labute approximate surface area is 255 Å². The first kappa shape index (κ1) is 33.6. The second kappa shape index (κ2) is 13.6. The van der Waals surface area contributed by atoms with Crippen LogP contribution in [0, 0.1) is 5.82 Å². The molecule has 3 aliphatic heterocycles. The number of aromatic nitrogens is 1. The maximum atomic E-state index is 14.4. The Bertz CT molecular complexity index is 1190. The van der Waals surface area contributed by atoms with Crippen molar-refractivity contribution < 1.29 is 19.0 Å². The molecule has 2 fully saturated rings. The van der Waals surface area contributed by atoms with E-state index in [0.717, 1.165) is 38.5 Å². The van der Waals surface area contributed by atoms with Gasteiger partial charge in [-0.3, -0.25) is 19.6 Å². The average Bonchev–Trinajstić information content (AvgIpc) is 3.17. The zero-order valence-corrected chi connectivity index (χ0v) is 26.2. The topological polar surface area (TPSA) is 81.2 Å². The van der Waals surface area contributed by atoms with Gasteiger partial charge in [-0.05, 0) is 32.9 Å². The number of hydrogen-bond donors (Lipinski definition) is 2. The number of aliphatic hydroxyl groups is 1. The lowest BCUT2D eigenvalue weighted by Gasteiger charge is -2.46. The van der Waals surface area contributed by atoms with Gasteiger partial charge in [0.1, 0.15) is 11.9 Å². The molecule has 2 N–H and O–H groups in total. The minimum atomic E-state index is -1.17. The molecule has 2 saturated heterocycles. The third-order valence-corrected chi connectivity index (χ3v) is 8.53. The van der Waals surface area contributed by atoms with E-state index in [1.54, 1.807) is 30.5 Å². The van der Waals surface area contributed by atoms with Gasteiger partial charge in [0.25, 0.3) is 0 Å². The first-order valence-electron chi connectivity index (χ1n) is 14.1. The Balaban J connectivity index is 0.00000231. The summed E-state index contributed by atoms with van der Waals surface area (Å²) in [7, 11) is 0. The predicted octanol–water partition coefficient (Wildman–Crippen LogP) is 3.54. The number of ether oxygens (including phenoxy) is 1. The fourth-order valence-electron chi connectivity index (χ4n) is 6.30. The molecule has 228 valence electrons. The van der Waals surface area contributed by atoms with E-state index in [0.29, 0.717) is 42.5 Å². The fourth-order valence-corrected chi connectivity index (χ4v) is 6.30. The summed E-state index contributed by atoms with van der Waals surface area (Å²) >= 11 is 0. The van der Waals surface area contributed by atoms with Crippen molar-refractivity contribution in [3.8, 4) is 0 Å². The highest BCUT2D eigenvalue weighted by atomic mass is 35.5. The molecule has 5 rings (SSSR count). The van der Waals surface area contributed by atoms with Gasteiger partial charge in [-0.2, -0.15) is 0 Å². The number of pyridine rings is 1. The number of nitrogens with zero attached hydrogens (tertiary/aromatic N) is 4. The molecule has 5 atom stereocenters. The van der Waals surface area contributed by atoms with Crippen molar-refractivity contribution in [1.29, 1.82) is 0 Å². The zero-order chi connectivity index (χ0) is 27.9. The summed E-state index contributed by atoms with van der Waals surface area (Å²) in [5, 5.41) is 14.6. The molecule has 0 spiro atoms. The molecule has 0 aliphatic carbocycles. The highest BCUT2D eigenvalue weighted by molar-refractivity contribution is 5.97. The number of morpholine rings is 1. The molecule has 1 aromatic heterocycles. The highest BCUT2D eigenvalue weighted by Gasteiger charge is 2.41. The number of hydrogen-bond acceptors (Lipinski definition) is 7. The van der Waals surface area contributed by atoms with Crippen LogP contribution in [0.4, 0.5) is 10.1 Å². The molecule has 11 heteroatoms. The van der Waals surface area contributed by atoms with E-state index in [2.05, 4.69) is 54.7 Å². The van der Waals surface area contributed by atoms with Gasteiger partial charge in [-0.25, -0.2) is 4.39 Å². The molecule has 3 aliphatic rings. The predicted molar refractivity (Wildman–Crippen MR) is 164 cm³/mol. The van der Waals surface area contributed by atoms with Crippen LogP contribution in [0.3, 0.4) is 0 Å². The lowest BCUT2D eigenvalue weighted by atomic mass is 9.90. The Morgan fingerprint density at radius 3 is 2.56 bits per heavy atom. The molecule has 0 bridgehead atoms. The Hall–Kier alpha value is -1.85. The number of fused-ring (bicyclic) bond motifs is 1. The summed E-state index contributed by atoms with van der Waals surface area (Å²) in [4.78, 5) is 25.2. The van der Waals surface area contributed by atoms with Crippen molar-refractivity contribution in [3.63, 3.8) is 0 Å². The minimum Gasteiger partial charge on any atom is -0.383 e. The standard InChI is InChI=1S/C30H42FN5O3.2ClH/c1-19-13-34(23(12-32-19)14-35-20(2)16-39-17-21(35)3)15-27(37)36-18-30(4,5)29-26(36)10-22(11-33-29)28(38)24-8-6-7-9-25(24)31;;/h6-11,19-21,23,28,32,38H,12-18H2,1-5H3;2*1H/t19-,20-,21-,23-,28-;;/m1../s1. The van der Waals surface area contributed by atoms with Gasteiger partial charge < -0.3 is 20.1 Å². The van der Waals surface area contributed by atoms with Crippen molar-refractivity contribution in [2.24, 2.45) is 0 Å². The maximum Gasteiger partial charge on any atom is 0.241 e. The van der Waals surface area contributed by atoms with Crippen molar-refractivity contribution >= 4 is 36.4 Å². The van der Waals surface area contributed by atoms with Crippen LogP contribution in [0.25, 0.3) is 0 Å². The van der Waals surface area contributed by atoms with E-state index < -0.39 is 11.9 Å². The molecule has 4 heterocycles. The van der Waals surface area contributed by atoms with Gasteiger partial charge in [-0.1, -0.05) is 32.0 Å². The summed E-state index contributed by atoms with van der Waals surface area (Å²) in [6.45, 7) is 15.5. The fraction of sp³-hybridized carbons (Fsp3) is 0.600. The maximum absolute atomic E-state index is 14.4. The zero-order valence-electron chi connectivity index (χ0n) is 24.5. The molecule has 8 nitrogen and oxygen atoms in total. The molecule has 1 amide bonds. The number of rotatable bonds is 6. The van der Waals surface area contributed by atoms with Crippen LogP contribution in [0.2, 0.25) is 0 Å². The van der Waals surface area contributed by atoms with E-state index in [1.165, 1.54) is 6.07 Å². The van der Waals surface area contributed by atoms with Crippen LogP contribution in [0.1, 0.15) is 57.5 Å². The number of carbonyl (C=O) groups is 1. The first-order chi connectivity index (χ1) is 18.5. The van der Waals surface area contributed by atoms with Gasteiger partial charge in [0.2, 0.25) is 5.91 Å². The second-order valence-electron chi connectivity index (χ2n) is 12.2. The van der Waals surface area contributed by atoms with Crippen molar-refractivity contribution in [2.45, 2.75) is 70.3 Å². The van der Waals surface area contributed by atoms with E-state index in [-0.39, 0.29) is 47.7 Å². The molecule has 41 heavy (non-hydrogen) atoms. The summed E-state index contributed by atoms with van der Waals surface area (Å²) in [5.41, 5.74) is 1.85. The minimum absolute atomic E-state index is 0. The smallest absolute Gasteiger partial charge is 0.241 e. The number of benzene rings is 1. The quantitative estimate of drug-likeness (QED) is 0.517. The van der Waals surface area contributed by atoms with Crippen LogP contribution >= 0.6 is 24.8 Å². The van der Waals surface area contributed by atoms with Crippen molar-refractivity contribution in [1.82, 2.24) is 20.1 Å². The highest BCUT2D eigenvalue weighted by Crippen LogP contribution is 2.41. The molecule has 0 saturated carbocycles. The van der Waals surface area contributed by atoms with Gasteiger partial charge in [0, 0.05) is 73.1 Å². The van der Waals surface area contributed by atoms with Gasteiger partial charge in [0.05, 0.1) is 31.1 Å². The van der Waals surface area contributed by atoms with E-state index in [1.807, 2.05) is 4.90 Å². The number of nitrogens with one attached hydrogen (secondary N) is 1. The third-order valence-electron chi connectivity index (χ3n) is 8.53. The van der Waals surface area contributed by atoms with Crippen LogP contribution in [-0.2, 0) is 14.9 Å². The van der Waals surface area contributed by atoms with Gasteiger partial charge in [0.15, 0.2) is 0 Å². The van der Waals surface area contributed by atoms with Crippen molar-refractivity contribution in [2.75, 3.05) is 50.8 Å². The number of amides is 1. The molecule has 2 aromatic rings. The van der Waals surface area contributed by atoms with Gasteiger partial charge >= 0.3 is 0 Å². The van der Waals surface area contributed by atoms with Crippen molar-refractivity contribution in [3.05, 3.63) is 59.2 Å². The monoisotopic (exact) mass is 611 g/mol. The van der Waals surface area contributed by atoms with Crippen LogP contribution in [0.15, 0.2) is 36.5 Å². The molecular formula is C30H44Cl2FN5O3. The summed E-state index contributed by atoms with van der Waals surface area (Å²) in [5.74, 6) is -0.454. The molecular weight excluding hydrogens is 568 g/mol. The number of halogens is 3. The van der Waals surface area contributed by atoms with Crippen LogP contribution in [-0.4, -0.2) is 95.9 Å². The third kappa shape index (κ3) is 7.04. The lowest BCUT2D eigenvalue weighted by Crippen LogP contribution is -2.63. The Morgan fingerprint density at radius 1 is 1.20 bits per heavy atom. The van der Waals surface area contributed by atoms with E-state index in [9.17, 15) is 14.3 Å². The SMILES string of the molecule is C[C@@H]1CN(CC(=O)N2CC(C)(C)c3ncc([C@@H](O)c4ccccc4F)cc32)[C@@H](CN2[C@H](C)COC[C@H]2C)CN1.Cl.Cl.